The lowest BCUT2D eigenvalue weighted by molar-refractivity contribution is -0.113. The highest BCUT2D eigenvalue weighted by Gasteiger charge is 2.18. The van der Waals surface area contributed by atoms with Gasteiger partial charge in [-0.2, -0.15) is 0 Å². The van der Waals surface area contributed by atoms with Gasteiger partial charge >= 0.3 is 0 Å². The first-order valence-corrected chi connectivity index (χ1v) is 11.0. The van der Waals surface area contributed by atoms with E-state index in [9.17, 15) is 18.4 Å². The largest absolute Gasteiger partial charge is 0.378 e. The van der Waals surface area contributed by atoms with Gasteiger partial charge in [0, 0.05) is 31.5 Å². The molecule has 0 atom stereocenters. The van der Waals surface area contributed by atoms with Gasteiger partial charge in [0.25, 0.3) is 5.56 Å². The average Bonchev–Trinajstić information content (AvgIpc) is 2.79. The number of amides is 1. The zero-order valence-electron chi connectivity index (χ0n) is 17.9. The monoisotopic (exact) mass is 466 g/mol. The quantitative estimate of drug-likeness (QED) is 0.336. The lowest BCUT2D eigenvalue weighted by atomic mass is 10.2. The molecule has 0 aliphatic heterocycles. The number of rotatable bonds is 6. The predicted molar refractivity (Wildman–Crippen MR) is 127 cm³/mol. The molecule has 0 bridgehead atoms. The highest BCUT2D eigenvalue weighted by molar-refractivity contribution is 7.99. The van der Waals surface area contributed by atoms with Gasteiger partial charge in [-0.25, -0.2) is 13.8 Å². The van der Waals surface area contributed by atoms with Gasteiger partial charge < -0.3 is 10.2 Å². The molecule has 0 spiro atoms. The fourth-order valence-corrected chi connectivity index (χ4v) is 4.06. The minimum atomic E-state index is -0.901. The number of halogens is 2. The Balaban J connectivity index is 1.64. The number of nitrogens with one attached hydrogen (secondary N) is 1. The molecule has 0 radical (unpaired) electrons. The third-order valence-corrected chi connectivity index (χ3v) is 5.83. The van der Waals surface area contributed by atoms with Crippen molar-refractivity contribution >= 4 is 39.9 Å². The van der Waals surface area contributed by atoms with E-state index >= 15 is 0 Å². The Bertz CT molecular complexity index is 1390. The van der Waals surface area contributed by atoms with Gasteiger partial charge in [-0.3, -0.25) is 14.2 Å². The van der Waals surface area contributed by atoms with Gasteiger partial charge in [-0.1, -0.05) is 23.9 Å². The topological polar surface area (TPSA) is 67.2 Å². The Hall–Kier alpha value is -3.72. The third kappa shape index (κ3) is 4.88. The maximum absolute atomic E-state index is 14.6. The van der Waals surface area contributed by atoms with Crippen LogP contribution in [0.15, 0.2) is 76.7 Å². The molecule has 0 saturated heterocycles. The van der Waals surface area contributed by atoms with Crippen LogP contribution < -0.4 is 15.8 Å². The molecule has 1 amide bonds. The molecule has 0 aliphatic rings. The maximum atomic E-state index is 14.6. The summed E-state index contributed by atoms with van der Waals surface area (Å²) in [5.41, 5.74) is 1.39. The lowest BCUT2D eigenvalue weighted by Crippen LogP contribution is -2.23. The third-order valence-electron chi connectivity index (χ3n) is 4.90. The Morgan fingerprint density at radius 3 is 2.48 bits per heavy atom. The van der Waals surface area contributed by atoms with Crippen LogP contribution in [-0.4, -0.2) is 35.3 Å². The molecular weight excluding hydrogens is 446 g/mol. The van der Waals surface area contributed by atoms with E-state index < -0.39 is 17.2 Å². The zero-order chi connectivity index (χ0) is 23.5. The summed E-state index contributed by atoms with van der Waals surface area (Å²) in [5, 5.41) is 3.21. The average molecular weight is 467 g/mol. The minimum Gasteiger partial charge on any atom is -0.378 e. The van der Waals surface area contributed by atoms with Crippen LogP contribution in [-0.2, 0) is 4.79 Å². The van der Waals surface area contributed by atoms with E-state index in [1.54, 1.807) is 36.4 Å². The highest BCUT2D eigenvalue weighted by atomic mass is 32.2. The second kappa shape index (κ2) is 9.41. The van der Waals surface area contributed by atoms with Gasteiger partial charge in [0.15, 0.2) is 5.16 Å². The summed E-state index contributed by atoms with van der Waals surface area (Å²) in [6.07, 6.45) is 0. The molecule has 1 aromatic heterocycles. The smallest absolute Gasteiger partial charge is 0.266 e. The van der Waals surface area contributed by atoms with E-state index in [0.29, 0.717) is 17.3 Å². The number of aromatic nitrogens is 2. The number of thioether (sulfide) groups is 1. The summed E-state index contributed by atoms with van der Waals surface area (Å²) in [7, 11) is 3.84. The van der Waals surface area contributed by atoms with Crippen LogP contribution in [0.4, 0.5) is 20.2 Å². The molecule has 4 aromatic rings. The number of nitrogens with zero attached hydrogens (tertiary/aromatic N) is 3. The molecule has 0 saturated carbocycles. The highest BCUT2D eigenvalue weighted by Crippen LogP contribution is 2.24. The van der Waals surface area contributed by atoms with Crippen molar-refractivity contribution in [1.29, 1.82) is 0 Å². The van der Waals surface area contributed by atoms with E-state index in [4.69, 9.17) is 0 Å². The zero-order valence-corrected chi connectivity index (χ0v) is 18.7. The Kier molecular flexibility index (Phi) is 6.41. The number of fused-ring (bicyclic) bond motifs is 1. The number of carbonyl (C=O) groups excluding carboxylic acids is 1. The summed E-state index contributed by atoms with van der Waals surface area (Å²) in [6, 6.07) is 16.9. The number of anilines is 2. The molecule has 1 N–H and O–H groups in total. The van der Waals surface area contributed by atoms with Crippen molar-refractivity contribution in [2.24, 2.45) is 0 Å². The molecule has 33 heavy (non-hydrogen) atoms. The molecular formula is C24H20F2N4O2S. The van der Waals surface area contributed by atoms with Gasteiger partial charge in [-0.05, 0) is 48.5 Å². The van der Waals surface area contributed by atoms with Crippen LogP contribution in [0.2, 0.25) is 0 Å². The second-order valence-corrected chi connectivity index (χ2v) is 8.37. The predicted octanol–water partition coefficient (Wildman–Crippen LogP) is 4.46. The van der Waals surface area contributed by atoms with Crippen molar-refractivity contribution in [3.63, 3.8) is 0 Å². The standard InChI is InChI=1S/C24H20F2N4O2S/c1-29(2)17-10-8-16(9-11-17)27-22(31)14-33-24-28-20-6-4-3-5-18(20)23(32)30(24)21-12-7-15(25)13-19(21)26/h3-13H,14H2,1-2H3,(H,27,31). The van der Waals surface area contributed by atoms with Gasteiger partial charge in [0.05, 0.1) is 22.3 Å². The summed E-state index contributed by atoms with van der Waals surface area (Å²) < 4.78 is 29.1. The number of hydrogen-bond acceptors (Lipinski definition) is 5. The molecule has 0 aliphatic carbocycles. The minimum absolute atomic E-state index is 0.0664. The van der Waals surface area contributed by atoms with E-state index in [-0.39, 0.29) is 27.9 Å². The fourth-order valence-electron chi connectivity index (χ4n) is 3.25. The van der Waals surface area contributed by atoms with Crippen molar-refractivity contribution < 1.29 is 13.6 Å². The van der Waals surface area contributed by atoms with Gasteiger partial charge in [0.2, 0.25) is 5.91 Å². The Morgan fingerprint density at radius 2 is 1.79 bits per heavy atom. The van der Waals surface area contributed by atoms with Crippen LogP contribution in [0.25, 0.3) is 16.6 Å². The first-order chi connectivity index (χ1) is 15.8. The van der Waals surface area contributed by atoms with Gasteiger partial charge in [0.1, 0.15) is 11.6 Å². The lowest BCUT2D eigenvalue weighted by Gasteiger charge is -2.14. The summed E-state index contributed by atoms with van der Waals surface area (Å²) >= 11 is 0.990. The second-order valence-electron chi connectivity index (χ2n) is 7.43. The normalized spacial score (nSPS) is 10.9. The van der Waals surface area contributed by atoms with Crippen LogP contribution in [0.3, 0.4) is 0 Å². The van der Waals surface area contributed by atoms with Gasteiger partial charge in [-0.15, -0.1) is 0 Å². The molecule has 1 heterocycles. The van der Waals surface area contributed by atoms with Crippen molar-refractivity contribution in [3.05, 3.63) is 88.7 Å². The van der Waals surface area contributed by atoms with Crippen LogP contribution in [0.1, 0.15) is 0 Å². The molecule has 3 aromatic carbocycles. The van der Waals surface area contributed by atoms with Crippen LogP contribution in [0.5, 0.6) is 0 Å². The fraction of sp³-hybridized carbons (Fsp3) is 0.125. The van der Waals surface area contributed by atoms with Crippen LogP contribution >= 0.6 is 11.8 Å². The molecule has 168 valence electrons. The number of benzene rings is 3. The Labute approximate surface area is 192 Å². The van der Waals surface area contributed by atoms with E-state index in [1.165, 1.54) is 6.07 Å². The van der Waals surface area contributed by atoms with Crippen molar-refractivity contribution in [3.8, 4) is 5.69 Å². The van der Waals surface area contributed by atoms with Crippen LogP contribution in [0, 0.1) is 11.6 Å². The van der Waals surface area contributed by atoms with Crippen molar-refractivity contribution in [1.82, 2.24) is 9.55 Å². The SMILES string of the molecule is CN(C)c1ccc(NC(=O)CSc2nc3ccccc3c(=O)n2-c2ccc(F)cc2F)cc1. The number of hydrogen-bond donors (Lipinski definition) is 1. The molecule has 6 nitrogen and oxygen atoms in total. The van der Waals surface area contributed by atoms with E-state index in [0.717, 1.165) is 28.1 Å². The Morgan fingerprint density at radius 1 is 1.06 bits per heavy atom. The molecule has 0 fully saturated rings. The first-order valence-electron chi connectivity index (χ1n) is 10.0. The molecule has 0 unspecified atom stereocenters. The van der Waals surface area contributed by atoms with Crippen molar-refractivity contribution in [2.75, 3.05) is 30.1 Å². The summed E-state index contributed by atoms with van der Waals surface area (Å²) in [4.78, 5) is 32.1. The summed E-state index contributed by atoms with van der Waals surface area (Å²) in [6.45, 7) is 0. The first kappa shape index (κ1) is 22.5. The maximum Gasteiger partial charge on any atom is 0.266 e. The van der Waals surface area contributed by atoms with E-state index in [2.05, 4.69) is 10.3 Å². The molecule has 9 heteroatoms. The molecule has 4 rings (SSSR count). The number of para-hydroxylation sites is 1. The van der Waals surface area contributed by atoms with E-state index in [1.807, 2.05) is 31.1 Å². The van der Waals surface area contributed by atoms with Crippen molar-refractivity contribution in [2.45, 2.75) is 5.16 Å². The summed E-state index contributed by atoms with van der Waals surface area (Å²) in [5.74, 6) is -2.04. The number of carbonyl (C=O) groups is 1.